The minimum atomic E-state index is -4.02. The largest absolute Gasteiger partial charge is 0.294 e. The zero-order valence-electron chi connectivity index (χ0n) is 25.7. The minimum Gasteiger partial charge on any atom is -0.282 e. The van der Waals surface area contributed by atoms with E-state index < -0.39 is 20.2 Å². The van der Waals surface area contributed by atoms with Gasteiger partial charge < -0.3 is 0 Å². The molecule has 12 heteroatoms. The fourth-order valence-electron chi connectivity index (χ4n) is 4.39. The summed E-state index contributed by atoms with van der Waals surface area (Å²) >= 11 is 0. The third-order valence-electron chi connectivity index (χ3n) is 7.02. The molecule has 230 valence electrons. The van der Waals surface area contributed by atoms with Crippen LogP contribution in [-0.4, -0.2) is 35.3 Å². The van der Waals surface area contributed by atoms with Gasteiger partial charge in [-0.25, -0.2) is 0 Å². The molecule has 2 aromatic carbocycles. The maximum atomic E-state index is 10.5. The zero-order valence-corrected chi connectivity index (χ0v) is 27.4. The highest BCUT2D eigenvalue weighted by molar-refractivity contribution is 7.86. The Bertz CT molecular complexity index is 1560. The van der Waals surface area contributed by atoms with E-state index in [1.165, 1.54) is 59.9 Å². The first-order valence-corrected chi connectivity index (χ1v) is 16.4. The molecule has 0 radical (unpaired) electrons. The number of unbranched alkanes of at least 4 members (excludes halogenated alkanes) is 1. The molecule has 4 aromatic rings. The molecule has 2 aromatic heterocycles. The average molecular weight is 621 g/mol. The van der Waals surface area contributed by atoms with Crippen LogP contribution in [0.5, 0.6) is 0 Å². The zero-order chi connectivity index (χ0) is 31.8. The van der Waals surface area contributed by atoms with Gasteiger partial charge in [-0.3, -0.25) is 9.11 Å². The number of aryl methyl sites for hydroxylation is 6. The van der Waals surface area contributed by atoms with E-state index in [4.69, 9.17) is 9.11 Å². The standard InChI is InChI=1S/C16H28N4.2C7H8O3S/c1-13-11-15(3)19(17(13)5)9-7-8-10-20-16(4)12-14(2)18(20)6;2*1-6-2-4-7(5-3-6)11(8,9)10/h11-12H,7-10H2,1-6H3;2*2-5H,1H3,(H,8,9,10)/q+2;;. The van der Waals surface area contributed by atoms with Crippen molar-refractivity contribution in [2.75, 3.05) is 0 Å². The summed E-state index contributed by atoms with van der Waals surface area (Å²) in [6.45, 7) is 14.6. The highest BCUT2D eigenvalue weighted by atomic mass is 32.2. The number of hydrogen-bond donors (Lipinski definition) is 2. The maximum Gasteiger partial charge on any atom is 0.294 e. The molecular formula is C30H44N4O6S2+2. The van der Waals surface area contributed by atoms with Crippen LogP contribution in [0.2, 0.25) is 0 Å². The number of aromatic nitrogens is 4. The Balaban J connectivity index is 0.000000239. The molecule has 4 rings (SSSR count). The van der Waals surface area contributed by atoms with E-state index in [1.807, 2.05) is 13.8 Å². The van der Waals surface area contributed by atoms with Gasteiger partial charge in [-0.2, -0.15) is 26.2 Å². The lowest BCUT2D eigenvalue weighted by Gasteiger charge is -2.05. The summed E-state index contributed by atoms with van der Waals surface area (Å²) in [5.74, 6) is 0. The van der Waals surface area contributed by atoms with Crippen LogP contribution < -0.4 is 9.36 Å². The van der Waals surface area contributed by atoms with Gasteiger partial charge in [-0.1, -0.05) is 35.4 Å². The summed E-state index contributed by atoms with van der Waals surface area (Å²) in [6, 6.07) is 16.5. The van der Waals surface area contributed by atoms with Gasteiger partial charge in [0.1, 0.15) is 0 Å². The van der Waals surface area contributed by atoms with E-state index in [2.05, 4.69) is 72.7 Å². The molecule has 0 saturated heterocycles. The van der Waals surface area contributed by atoms with Crippen molar-refractivity contribution in [1.82, 2.24) is 9.36 Å². The van der Waals surface area contributed by atoms with Gasteiger partial charge in [0.25, 0.3) is 20.2 Å². The summed E-state index contributed by atoms with van der Waals surface area (Å²) in [5, 5.41) is 0. The van der Waals surface area contributed by atoms with Gasteiger partial charge in [-0.05, 0) is 64.8 Å². The van der Waals surface area contributed by atoms with Crippen molar-refractivity contribution in [3.8, 4) is 0 Å². The first-order chi connectivity index (χ1) is 19.4. The molecule has 0 fully saturated rings. The molecule has 2 heterocycles. The molecule has 10 nitrogen and oxygen atoms in total. The normalized spacial score (nSPS) is 11.4. The van der Waals surface area contributed by atoms with E-state index in [1.54, 1.807) is 24.3 Å². The molecule has 0 aliphatic rings. The van der Waals surface area contributed by atoms with Crippen LogP contribution in [0.25, 0.3) is 0 Å². The summed E-state index contributed by atoms with van der Waals surface area (Å²) in [4.78, 5) is -0.133. The Morgan fingerprint density at radius 1 is 0.571 bits per heavy atom. The van der Waals surface area contributed by atoms with Gasteiger partial charge in [0.05, 0.1) is 34.3 Å². The van der Waals surface area contributed by atoms with E-state index >= 15 is 0 Å². The number of hydrogen-bond acceptors (Lipinski definition) is 4. The van der Waals surface area contributed by atoms with Gasteiger partial charge in [0, 0.05) is 26.0 Å². The van der Waals surface area contributed by atoms with Crippen molar-refractivity contribution in [1.29, 1.82) is 0 Å². The highest BCUT2D eigenvalue weighted by Gasteiger charge is 2.15. The Morgan fingerprint density at radius 3 is 1.07 bits per heavy atom. The monoisotopic (exact) mass is 620 g/mol. The van der Waals surface area contributed by atoms with Gasteiger partial charge in [0.2, 0.25) is 11.4 Å². The third-order valence-corrected chi connectivity index (χ3v) is 8.76. The first kappa shape index (κ1) is 34.9. The number of nitrogens with zero attached hydrogens (tertiary/aromatic N) is 4. The SMILES string of the molecule is Cc1cc(C)[n+](C)n1CCCCn1c(C)cc(C)[n+]1C.Cc1ccc(S(=O)(=O)O)cc1.Cc1ccc(S(=O)(=O)O)cc1. The average Bonchev–Trinajstić information content (AvgIpc) is 3.28. The van der Waals surface area contributed by atoms with Crippen LogP contribution in [-0.2, 0) is 47.4 Å². The summed E-state index contributed by atoms with van der Waals surface area (Å²) in [7, 11) is -3.76. The van der Waals surface area contributed by atoms with Crippen LogP contribution in [0.1, 0.15) is 46.7 Å². The fraction of sp³-hybridized carbons (Fsp3) is 0.400. The van der Waals surface area contributed by atoms with E-state index in [9.17, 15) is 16.8 Å². The summed E-state index contributed by atoms with van der Waals surface area (Å²) in [5.41, 5.74) is 7.26. The third kappa shape index (κ3) is 10.2. The molecule has 42 heavy (non-hydrogen) atoms. The maximum absolute atomic E-state index is 10.5. The second kappa shape index (κ2) is 14.7. The first-order valence-electron chi connectivity index (χ1n) is 13.6. The molecule has 0 spiro atoms. The Hall–Kier alpha value is -3.32. The van der Waals surface area contributed by atoms with Crippen LogP contribution >= 0.6 is 0 Å². The molecule has 0 bridgehead atoms. The lowest BCUT2D eigenvalue weighted by molar-refractivity contribution is -0.760. The smallest absolute Gasteiger partial charge is 0.282 e. The predicted octanol–water partition coefficient (Wildman–Crippen LogP) is 4.14. The molecule has 0 aliphatic heterocycles. The molecule has 2 N–H and O–H groups in total. The van der Waals surface area contributed by atoms with Crippen molar-refractivity contribution >= 4 is 20.2 Å². The quantitative estimate of drug-likeness (QED) is 0.182. The number of rotatable bonds is 7. The van der Waals surface area contributed by atoms with Crippen molar-refractivity contribution < 1.29 is 35.3 Å². The molecular weight excluding hydrogens is 576 g/mol. The Morgan fingerprint density at radius 2 is 0.857 bits per heavy atom. The Labute approximate surface area is 250 Å². The van der Waals surface area contributed by atoms with Crippen molar-refractivity contribution in [2.24, 2.45) is 14.1 Å². The molecule has 0 unspecified atom stereocenters. The lowest BCUT2D eigenvalue weighted by atomic mass is 10.2. The second-order valence-electron chi connectivity index (χ2n) is 10.4. The molecule has 0 atom stereocenters. The van der Waals surface area contributed by atoms with Gasteiger partial charge >= 0.3 is 0 Å². The second-order valence-corrected chi connectivity index (χ2v) is 13.3. The fourth-order valence-corrected chi connectivity index (χ4v) is 5.35. The van der Waals surface area contributed by atoms with Gasteiger partial charge in [-0.15, -0.1) is 9.36 Å². The lowest BCUT2D eigenvalue weighted by Crippen LogP contribution is -2.42. The van der Waals surface area contributed by atoms with Gasteiger partial charge in [0.15, 0.2) is 14.1 Å². The summed E-state index contributed by atoms with van der Waals surface area (Å²) in [6.07, 6.45) is 2.42. The van der Waals surface area contributed by atoms with Crippen LogP contribution in [0.3, 0.4) is 0 Å². The van der Waals surface area contributed by atoms with Crippen molar-refractivity contribution in [3.05, 3.63) is 94.6 Å². The number of benzene rings is 2. The molecule has 0 amide bonds. The van der Waals surface area contributed by atoms with Crippen LogP contribution in [0.4, 0.5) is 0 Å². The van der Waals surface area contributed by atoms with E-state index in [0.717, 1.165) is 24.2 Å². The van der Waals surface area contributed by atoms with Crippen LogP contribution in [0.15, 0.2) is 70.5 Å². The predicted molar refractivity (Wildman–Crippen MR) is 161 cm³/mol. The summed E-state index contributed by atoms with van der Waals surface area (Å²) < 4.78 is 68.3. The van der Waals surface area contributed by atoms with E-state index in [-0.39, 0.29) is 9.79 Å². The minimum absolute atomic E-state index is 0.0666. The van der Waals surface area contributed by atoms with Crippen molar-refractivity contribution in [2.45, 2.75) is 77.3 Å². The molecule has 0 saturated carbocycles. The highest BCUT2D eigenvalue weighted by Crippen LogP contribution is 2.10. The van der Waals surface area contributed by atoms with Crippen molar-refractivity contribution in [3.63, 3.8) is 0 Å². The Kier molecular flexibility index (Phi) is 12.2. The molecule has 0 aliphatic carbocycles. The van der Waals surface area contributed by atoms with E-state index in [0.29, 0.717) is 0 Å². The van der Waals surface area contributed by atoms with Crippen LogP contribution in [0, 0.1) is 41.5 Å². The topological polar surface area (TPSA) is 126 Å².